The maximum atomic E-state index is 11.7. The van der Waals surface area contributed by atoms with E-state index in [-0.39, 0.29) is 22.9 Å². The van der Waals surface area contributed by atoms with E-state index >= 15 is 0 Å². The van der Waals surface area contributed by atoms with Crippen LogP contribution in [0.4, 0.5) is 17.1 Å². The van der Waals surface area contributed by atoms with Crippen LogP contribution in [0.2, 0.25) is 0 Å². The Balaban J connectivity index is 2.10. The van der Waals surface area contributed by atoms with Crippen LogP contribution in [0.1, 0.15) is 4.88 Å². The molecule has 0 fully saturated rings. The van der Waals surface area contributed by atoms with Crippen LogP contribution >= 0.6 is 11.3 Å². The summed E-state index contributed by atoms with van der Waals surface area (Å²) in [5, 5.41) is 10.6. The molecule has 3 N–H and O–H groups in total. The van der Waals surface area contributed by atoms with Crippen LogP contribution in [0.3, 0.4) is 0 Å². The monoisotopic (exact) mass is 391 g/mol. The lowest BCUT2D eigenvalue weighted by atomic mass is 10.1. The first-order valence-electron chi connectivity index (χ1n) is 7.24. The minimum atomic E-state index is -4.47. The van der Waals surface area contributed by atoms with Crippen molar-refractivity contribution in [2.45, 2.75) is 11.5 Å². The summed E-state index contributed by atoms with van der Waals surface area (Å²) < 4.78 is 37.6. The van der Waals surface area contributed by atoms with Gasteiger partial charge in [-0.1, -0.05) is 24.3 Å². The van der Waals surface area contributed by atoms with E-state index in [0.717, 1.165) is 0 Å². The van der Waals surface area contributed by atoms with Gasteiger partial charge in [-0.25, -0.2) is 0 Å². The second-order valence-corrected chi connectivity index (χ2v) is 7.56. The van der Waals surface area contributed by atoms with E-state index in [9.17, 15) is 17.8 Å². The Bertz CT molecular complexity index is 1110. The van der Waals surface area contributed by atoms with E-state index in [2.05, 4.69) is 10.2 Å². The zero-order valence-electron chi connectivity index (χ0n) is 13.2. The topological polar surface area (TPSA) is 131 Å². The van der Waals surface area contributed by atoms with Crippen molar-refractivity contribution in [1.29, 1.82) is 0 Å². The van der Waals surface area contributed by atoms with Gasteiger partial charge in [0.2, 0.25) is 0 Å². The number of hydrogen-bond acceptors (Lipinski definition) is 8. The van der Waals surface area contributed by atoms with Gasteiger partial charge in [-0.3, -0.25) is 9.35 Å². The highest BCUT2D eigenvalue weighted by molar-refractivity contribution is 7.86. The zero-order valence-corrected chi connectivity index (χ0v) is 14.8. The van der Waals surface area contributed by atoms with Crippen LogP contribution in [0.5, 0.6) is 0 Å². The van der Waals surface area contributed by atoms with E-state index in [1.807, 2.05) is 0 Å². The number of anilines is 1. The number of benzene rings is 2. The Hall–Kier alpha value is -2.82. The molecule has 0 unspecified atom stereocenters. The first-order chi connectivity index (χ1) is 12.4. The highest BCUT2D eigenvalue weighted by atomic mass is 32.2. The summed E-state index contributed by atoms with van der Waals surface area (Å²) in [7, 11) is -4.47. The van der Waals surface area contributed by atoms with Crippen molar-refractivity contribution in [2.75, 3.05) is 5.73 Å². The smallest absolute Gasteiger partial charge is 0.295 e. The number of nitrogen functional groups attached to an aromatic ring is 1. The maximum absolute atomic E-state index is 11.7. The Kier molecular flexibility index (Phi) is 4.98. The third-order valence-corrected chi connectivity index (χ3v) is 5.35. The summed E-state index contributed by atoms with van der Waals surface area (Å²) in [6.07, 6.45) is 0. The van der Waals surface area contributed by atoms with Gasteiger partial charge in [0, 0.05) is 10.8 Å². The molecule has 3 aromatic rings. The normalized spacial score (nSPS) is 11.9. The molecule has 0 spiro atoms. The van der Waals surface area contributed by atoms with Crippen molar-refractivity contribution in [3.63, 3.8) is 0 Å². The second-order valence-electron chi connectivity index (χ2n) is 5.16. The molecule has 1 heterocycles. The van der Waals surface area contributed by atoms with Gasteiger partial charge in [0.05, 0.1) is 10.6 Å². The SMILES string of the molecule is Nc1c(N=Nc2ccsc2COC=O)cc(S(=O)(=O)O)c2ccccc12. The quantitative estimate of drug-likeness (QED) is 0.284. The molecule has 0 atom stereocenters. The molecular weight excluding hydrogens is 378 g/mol. The molecule has 1 aromatic heterocycles. The lowest BCUT2D eigenvalue weighted by molar-refractivity contribution is -0.129. The first kappa shape index (κ1) is 18.0. The zero-order chi connectivity index (χ0) is 18.7. The van der Waals surface area contributed by atoms with Crippen LogP contribution in [-0.4, -0.2) is 19.4 Å². The molecule has 0 radical (unpaired) electrons. The fraction of sp³-hybridized carbons (Fsp3) is 0.0625. The van der Waals surface area contributed by atoms with Crippen LogP contribution in [-0.2, 0) is 26.3 Å². The average molecular weight is 391 g/mol. The van der Waals surface area contributed by atoms with Gasteiger partial charge in [-0.05, 0) is 17.5 Å². The van der Waals surface area contributed by atoms with Crippen molar-refractivity contribution in [2.24, 2.45) is 10.2 Å². The number of ether oxygens (including phenoxy) is 1. The molecule has 0 aliphatic rings. The number of rotatable bonds is 6. The Morgan fingerprint density at radius 1 is 1.15 bits per heavy atom. The molecule has 3 rings (SSSR count). The van der Waals surface area contributed by atoms with Gasteiger partial charge >= 0.3 is 0 Å². The third kappa shape index (κ3) is 3.57. The molecule has 2 aromatic carbocycles. The number of nitrogens with two attached hydrogens (primary N) is 1. The van der Waals surface area contributed by atoms with E-state index in [1.54, 1.807) is 35.7 Å². The first-order valence-corrected chi connectivity index (χ1v) is 9.56. The van der Waals surface area contributed by atoms with Crippen molar-refractivity contribution < 1.29 is 22.5 Å². The summed E-state index contributed by atoms with van der Waals surface area (Å²) in [6.45, 7) is 0.388. The molecule has 0 bridgehead atoms. The van der Waals surface area contributed by atoms with Gasteiger partial charge in [-0.15, -0.1) is 21.6 Å². The van der Waals surface area contributed by atoms with Crippen molar-refractivity contribution in [3.05, 3.63) is 46.7 Å². The summed E-state index contributed by atoms with van der Waals surface area (Å²) in [6, 6.07) is 9.36. The summed E-state index contributed by atoms with van der Waals surface area (Å²) in [4.78, 5) is 10.7. The lowest BCUT2D eigenvalue weighted by Crippen LogP contribution is -2.01. The number of azo groups is 1. The number of thiophene rings is 1. The Morgan fingerprint density at radius 2 is 1.85 bits per heavy atom. The molecule has 8 nitrogen and oxygen atoms in total. The summed E-state index contributed by atoms with van der Waals surface area (Å²) >= 11 is 1.33. The standard InChI is InChI=1S/C16H13N3O5S2/c17-16-11-4-2-1-3-10(11)15(26(21,22)23)7-13(16)19-18-12-5-6-25-14(12)8-24-9-20/h1-7,9H,8,17H2,(H,21,22,23). The van der Waals surface area contributed by atoms with Crippen molar-refractivity contribution in [1.82, 2.24) is 0 Å². The molecule has 10 heteroatoms. The average Bonchev–Trinajstić information content (AvgIpc) is 3.06. The van der Waals surface area contributed by atoms with Crippen molar-refractivity contribution in [3.8, 4) is 0 Å². The second kappa shape index (κ2) is 7.20. The Labute approximate surface area is 152 Å². The van der Waals surface area contributed by atoms with Crippen LogP contribution < -0.4 is 5.73 Å². The number of fused-ring (bicyclic) bond motifs is 1. The molecule has 0 aliphatic heterocycles. The molecule has 0 saturated heterocycles. The molecule has 0 aliphatic carbocycles. The number of carbonyl (C=O) groups excluding carboxylic acids is 1. The van der Waals surface area contributed by atoms with Crippen molar-refractivity contribution >= 4 is 55.8 Å². The van der Waals surface area contributed by atoms with Gasteiger partial charge < -0.3 is 10.5 Å². The van der Waals surface area contributed by atoms with E-state index < -0.39 is 10.1 Å². The molecule has 134 valence electrons. The maximum Gasteiger partial charge on any atom is 0.295 e. The fourth-order valence-corrected chi connectivity index (χ4v) is 3.84. The minimum Gasteiger partial charge on any atom is -0.462 e. The highest BCUT2D eigenvalue weighted by Crippen LogP contribution is 2.37. The van der Waals surface area contributed by atoms with E-state index in [1.165, 1.54) is 17.4 Å². The lowest BCUT2D eigenvalue weighted by Gasteiger charge is -2.09. The largest absolute Gasteiger partial charge is 0.462 e. The van der Waals surface area contributed by atoms with Gasteiger partial charge in [0.1, 0.15) is 22.9 Å². The number of carbonyl (C=O) groups is 1. The van der Waals surface area contributed by atoms with Crippen LogP contribution in [0, 0.1) is 0 Å². The number of nitrogens with zero attached hydrogens (tertiary/aromatic N) is 2. The molecule has 0 amide bonds. The fourth-order valence-electron chi connectivity index (χ4n) is 2.40. The van der Waals surface area contributed by atoms with Crippen LogP contribution in [0.25, 0.3) is 10.8 Å². The minimum absolute atomic E-state index is 0.0546. The van der Waals surface area contributed by atoms with Gasteiger partial charge in [0.15, 0.2) is 0 Å². The summed E-state index contributed by atoms with van der Waals surface area (Å²) in [5.74, 6) is 0. The summed E-state index contributed by atoms with van der Waals surface area (Å²) in [5.41, 5.74) is 6.90. The van der Waals surface area contributed by atoms with Crippen LogP contribution in [0.15, 0.2) is 56.9 Å². The van der Waals surface area contributed by atoms with E-state index in [4.69, 9.17) is 10.5 Å². The predicted octanol–water partition coefficient (Wildman–Crippen LogP) is 3.82. The van der Waals surface area contributed by atoms with Gasteiger partial charge in [0.25, 0.3) is 16.6 Å². The third-order valence-electron chi connectivity index (χ3n) is 3.57. The highest BCUT2D eigenvalue weighted by Gasteiger charge is 2.18. The molecule has 26 heavy (non-hydrogen) atoms. The molecular formula is C16H13N3O5S2. The molecule has 0 saturated carbocycles. The van der Waals surface area contributed by atoms with E-state index in [0.29, 0.717) is 27.8 Å². The predicted molar refractivity (Wildman–Crippen MR) is 97.5 cm³/mol. The number of hydrogen-bond donors (Lipinski definition) is 2. The van der Waals surface area contributed by atoms with Gasteiger partial charge in [-0.2, -0.15) is 8.42 Å². The Morgan fingerprint density at radius 3 is 2.54 bits per heavy atom.